The van der Waals surface area contributed by atoms with Crippen molar-refractivity contribution in [1.82, 2.24) is 9.97 Å². The Bertz CT molecular complexity index is 436. The minimum atomic E-state index is -0.638. The molecule has 4 N–H and O–H groups in total. The average molecular weight is 269 g/mol. The number of hydrogen-bond donors (Lipinski definition) is 3. The van der Waals surface area contributed by atoms with E-state index in [9.17, 15) is 15.2 Å². The molecular formula is C11H19N5O3. The molecule has 0 saturated heterocycles. The standard InChI is InChI=1S/C11H19N5O3/c1-3-7(4-2)8(17)5-13-11-9(16(18)19)10(12)14-6-15-11/h6-8,17H,3-5H2,1-2H3,(H3,12,13,14,15). The highest BCUT2D eigenvalue weighted by Gasteiger charge is 2.22. The van der Waals surface area contributed by atoms with Crippen molar-refractivity contribution in [3.63, 3.8) is 0 Å². The summed E-state index contributed by atoms with van der Waals surface area (Å²) >= 11 is 0. The Balaban J connectivity index is 2.78. The molecule has 0 aromatic carbocycles. The van der Waals surface area contributed by atoms with Crippen LogP contribution in [-0.4, -0.2) is 32.6 Å². The van der Waals surface area contributed by atoms with E-state index < -0.39 is 11.0 Å². The molecule has 0 aliphatic heterocycles. The first-order valence-electron chi connectivity index (χ1n) is 6.18. The summed E-state index contributed by atoms with van der Waals surface area (Å²) in [7, 11) is 0. The summed E-state index contributed by atoms with van der Waals surface area (Å²) in [5.41, 5.74) is 5.08. The monoisotopic (exact) mass is 269 g/mol. The molecule has 0 radical (unpaired) electrons. The van der Waals surface area contributed by atoms with Gasteiger partial charge in [0.05, 0.1) is 11.0 Å². The first kappa shape index (κ1) is 15.1. The molecule has 8 heteroatoms. The van der Waals surface area contributed by atoms with E-state index in [1.54, 1.807) is 0 Å². The van der Waals surface area contributed by atoms with Gasteiger partial charge < -0.3 is 16.2 Å². The number of anilines is 2. The van der Waals surface area contributed by atoms with E-state index in [2.05, 4.69) is 15.3 Å². The van der Waals surface area contributed by atoms with E-state index in [4.69, 9.17) is 5.73 Å². The molecule has 0 bridgehead atoms. The summed E-state index contributed by atoms with van der Waals surface area (Å²) in [5.74, 6) is -0.0206. The Morgan fingerprint density at radius 3 is 2.63 bits per heavy atom. The van der Waals surface area contributed by atoms with Crippen LogP contribution in [0.5, 0.6) is 0 Å². The predicted molar refractivity (Wildman–Crippen MR) is 71.7 cm³/mol. The highest BCUT2D eigenvalue weighted by molar-refractivity contribution is 5.67. The van der Waals surface area contributed by atoms with Crippen LogP contribution in [0.4, 0.5) is 17.3 Å². The van der Waals surface area contributed by atoms with Crippen molar-refractivity contribution >= 4 is 17.3 Å². The number of nitro groups is 1. The second kappa shape index (κ2) is 6.83. The number of rotatable bonds is 7. The first-order chi connectivity index (χ1) is 9.01. The van der Waals surface area contributed by atoms with Gasteiger partial charge in [-0.3, -0.25) is 10.1 Å². The van der Waals surface area contributed by atoms with Crippen LogP contribution in [0.3, 0.4) is 0 Å². The van der Waals surface area contributed by atoms with Crippen molar-refractivity contribution in [2.24, 2.45) is 5.92 Å². The smallest absolute Gasteiger partial charge is 0.352 e. The predicted octanol–water partition coefficient (Wildman–Crippen LogP) is 1.18. The van der Waals surface area contributed by atoms with Crippen LogP contribution in [0.1, 0.15) is 26.7 Å². The van der Waals surface area contributed by atoms with Gasteiger partial charge in [0.15, 0.2) is 0 Å². The summed E-state index contributed by atoms with van der Waals surface area (Å²) in [6, 6.07) is 0. The van der Waals surface area contributed by atoms with Crippen molar-refractivity contribution < 1.29 is 10.0 Å². The fourth-order valence-electron chi connectivity index (χ4n) is 1.90. The number of aromatic nitrogens is 2. The SMILES string of the molecule is CCC(CC)C(O)CNc1ncnc(N)c1[N+](=O)[O-]. The van der Waals surface area contributed by atoms with Crippen molar-refractivity contribution in [2.45, 2.75) is 32.8 Å². The molecule has 1 atom stereocenters. The quantitative estimate of drug-likeness (QED) is 0.500. The third kappa shape index (κ3) is 3.75. The number of aliphatic hydroxyl groups is 1. The molecule has 0 aliphatic carbocycles. The average Bonchev–Trinajstić information content (AvgIpc) is 2.37. The Kier molecular flexibility index (Phi) is 5.43. The van der Waals surface area contributed by atoms with Crippen molar-refractivity contribution in [3.8, 4) is 0 Å². The molecule has 1 heterocycles. The van der Waals surface area contributed by atoms with Gasteiger partial charge in [-0.05, 0) is 5.92 Å². The minimum absolute atomic E-state index is 0.0301. The molecule has 106 valence electrons. The van der Waals surface area contributed by atoms with E-state index >= 15 is 0 Å². The summed E-state index contributed by atoms with van der Waals surface area (Å²) in [4.78, 5) is 17.6. The molecule has 1 aromatic rings. The van der Waals surface area contributed by atoms with E-state index in [1.807, 2.05) is 13.8 Å². The maximum absolute atomic E-state index is 10.9. The van der Waals surface area contributed by atoms with Crippen LogP contribution >= 0.6 is 0 Å². The van der Waals surface area contributed by atoms with Crippen LogP contribution in [0, 0.1) is 16.0 Å². The van der Waals surface area contributed by atoms with Crippen LogP contribution in [0.25, 0.3) is 0 Å². The maximum Gasteiger partial charge on any atom is 0.352 e. The number of nitrogens with zero attached hydrogens (tertiary/aromatic N) is 3. The maximum atomic E-state index is 10.9. The number of nitrogens with one attached hydrogen (secondary N) is 1. The summed E-state index contributed by atoms with van der Waals surface area (Å²) in [6.07, 6.45) is 2.24. The lowest BCUT2D eigenvalue weighted by molar-refractivity contribution is -0.383. The topological polar surface area (TPSA) is 127 Å². The molecule has 1 unspecified atom stereocenters. The molecule has 1 rings (SSSR count). The second-order valence-corrected chi connectivity index (χ2v) is 4.24. The van der Waals surface area contributed by atoms with Gasteiger partial charge >= 0.3 is 5.69 Å². The molecule has 1 aromatic heterocycles. The third-order valence-electron chi connectivity index (χ3n) is 3.10. The number of hydrogen-bond acceptors (Lipinski definition) is 7. The van der Waals surface area contributed by atoms with Crippen molar-refractivity contribution in [3.05, 3.63) is 16.4 Å². The summed E-state index contributed by atoms with van der Waals surface area (Å²) in [5, 5.41) is 23.6. The molecule has 0 amide bonds. The number of nitrogen functional groups attached to an aromatic ring is 1. The third-order valence-corrected chi connectivity index (χ3v) is 3.10. The molecule has 0 fully saturated rings. The Labute approximate surface area is 111 Å². The van der Waals surface area contributed by atoms with Gasteiger partial charge in [-0.2, -0.15) is 0 Å². The number of nitrogens with two attached hydrogens (primary N) is 1. The van der Waals surface area contributed by atoms with Gasteiger partial charge in [-0.15, -0.1) is 0 Å². The van der Waals surface area contributed by atoms with E-state index in [0.29, 0.717) is 0 Å². The van der Waals surface area contributed by atoms with E-state index in [0.717, 1.165) is 19.2 Å². The zero-order valence-corrected chi connectivity index (χ0v) is 11.0. The minimum Gasteiger partial charge on any atom is -0.391 e. The lowest BCUT2D eigenvalue weighted by Gasteiger charge is -2.20. The van der Waals surface area contributed by atoms with Crippen LogP contribution < -0.4 is 11.1 Å². The Hall–Kier alpha value is -1.96. The van der Waals surface area contributed by atoms with Crippen LogP contribution in [-0.2, 0) is 0 Å². The van der Waals surface area contributed by atoms with Gasteiger partial charge in [0, 0.05) is 6.54 Å². The summed E-state index contributed by atoms with van der Waals surface area (Å²) in [6.45, 7) is 4.16. The van der Waals surface area contributed by atoms with E-state index in [-0.39, 0.29) is 29.8 Å². The highest BCUT2D eigenvalue weighted by Crippen LogP contribution is 2.26. The summed E-state index contributed by atoms with van der Waals surface area (Å²) < 4.78 is 0. The van der Waals surface area contributed by atoms with Gasteiger partial charge in [-0.25, -0.2) is 9.97 Å². The zero-order chi connectivity index (χ0) is 14.4. The molecular weight excluding hydrogens is 250 g/mol. The van der Waals surface area contributed by atoms with Gasteiger partial charge in [0.2, 0.25) is 11.6 Å². The zero-order valence-electron chi connectivity index (χ0n) is 11.0. The lowest BCUT2D eigenvalue weighted by atomic mass is 9.96. The largest absolute Gasteiger partial charge is 0.391 e. The van der Waals surface area contributed by atoms with Crippen LogP contribution in [0.2, 0.25) is 0 Å². The normalized spacial score (nSPS) is 12.4. The molecule has 0 spiro atoms. The van der Waals surface area contributed by atoms with Gasteiger partial charge in [-0.1, -0.05) is 26.7 Å². The Morgan fingerprint density at radius 2 is 2.11 bits per heavy atom. The second-order valence-electron chi connectivity index (χ2n) is 4.24. The van der Waals surface area contributed by atoms with E-state index in [1.165, 1.54) is 0 Å². The fraction of sp³-hybridized carbons (Fsp3) is 0.636. The number of aliphatic hydroxyl groups excluding tert-OH is 1. The molecule has 0 saturated carbocycles. The van der Waals surface area contributed by atoms with Crippen LogP contribution in [0.15, 0.2) is 6.33 Å². The van der Waals surface area contributed by atoms with Crippen molar-refractivity contribution in [1.29, 1.82) is 0 Å². The lowest BCUT2D eigenvalue weighted by Crippen LogP contribution is -2.28. The first-order valence-corrected chi connectivity index (χ1v) is 6.18. The van der Waals surface area contributed by atoms with Gasteiger partial charge in [0.1, 0.15) is 6.33 Å². The molecule has 0 aliphatic rings. The van der Waals surface area contributed by atoms with Crippen molar-refractivity contribution in [2.75, 3.05) is 17.6 Å². The van der Waals surface area contributed by atoms with Gasteiger partial charge in [0.25, 0.3) is 0 Å². The molecule has 19 heavy (non-hydrogen) atoms. The highest BCUT2D eigenvalue weighted by atomic mass is 16.6. The fourth-order valence-corrected chi connectivity index (χ4v) is 1.90. The molecule has 8 nitrogen and oxygen atoms in total. The Morgan fingerprint density at radius 1 is 1.47 bits per heavy atom.